The first-order valence-corrected chi connectivity index (χ1v) is 9.44. The number of benzene rings is 1. The molecule has 1 aliphatic heterocycles. The van der Waals surface area contributed by atoms with Crippen molar-refractivity contribution in [3.05, 3.63) is 30.1 Å². The Bertz CT molecular complexity index is 859. The van der Waals surface area contributed by atoms with Gasteiger partial charge in [0, 0.05) is 31.7 Å². The van der Waals surface area contributed by atoms with E-state index >= 15 is 0 Å². The molecule has 0 bridgehead atoms. The average Bonchev–Trinajstić information content (AvgIpc) is 3.03. The SMILES string of the molecule is CS(=O)(=O)N1CCN(C(=O)Cn2nnc(-c3ccc(F)cc3)n2)CC1. The second-order valence-electron chi connectivity index (χ2n) is 5.69. The highest BCUT2D eigenvalue weighted by atomic mass is 32.2. The van der Waals surface area contributed by atoms with Gasteiger partial charge in [-0.25, -0.2) is 12.8 Å². The highest BCUT2D eigenvalue weighted by Gasteiger charge is 2.26. The van der Waals surface area contributed by atoms with Crippen LogP contribution in [0.4, 0.5) is 4.39 Å². The minimum absolute atomic E-state index is 0.0902. The molecule has 25 heavy (non-hydrogen) atoms. The third-order valence-electron chi connectivity index (χ3n) is 3.89. The summed E-state index contributed by atoms with van der Waals surface area (Å²) in [4.78, 5) is 15.0. The number of amides is 1. The first-order chi connectivity index (χ1) is 11.8. The van der Waals surface area contributed by atoms with Gasteiger partial charge in [0.15, 0.2) is 0 Å². The number of tetrazole rings is 1. The molecule has 3 rings (SSSR count). The lowest BCUT2D eigenvalue weighted by Gasteiger charge is -2.33. The molecule has 0 radical (unpaired) electrons. The van der Waals surface area contributed by atoms with Crippen LogP contribution in [-0.4, -0.2) is 76.2 Å². The zero-order valence-electron chi connectivity index (χ0n) is 13.5. The smallest absolute Gasteiger partial charge is 0.246 e. The molecule has 0 saturated carbocycles. The first-order valence-electron chi connectivity index (χ1n) is 7.59. The van der Waals surface area contributed by atoms with E-state index in [0.717, 1.165) is 6.26 Å². The number of rotatable bonds is 4. The summed E-state index contributed by atoms with van der Waals surface area (Å²) in [5.41, 5.74) is 0.599. The molecule has 0 unspecified atom stereocenters. The molecular weight excluding hydrogens is 351 g/mol. The Hall–Kier alpha value is -2.40. The zero-order chi connectivity index (χ0) is 18.0. The minimum atomic E-state index is -3.24. The fraction of sp³-hybridized carbons (Fsp3) is 0.429. The lowest BCUT2D eigenvalue weighted by molar-refractivity contribution is -0.133. The molecule has 11 heteroatoms. The molecule has 1 aliphatic rings. The van der Waals surface area contributed by atoms with Crippen LogP contribution in [0.5, 0.6) is 0 Å². The maximum absolute atomic E-state index is 12.9. The number of hydrogen-bond donors (Lipinski definition) is 0. The van der Waals surface area contributed by atoms with Crippen molar-refractivity contribution in [1.82, 2.24) is 29.4 Å². The summed E-state index contributed by atoms with van der Waals surface area (Å²) in [6.07, 6.45) is 1.15. The van der Waals surface area contributed by atoms with Gasteiger partial charge in [-0.05, 0) is 29.5 Å². The molecule has 9 nitrogen and oxygen atoms in total. The summed E-state index contributed by atoms with van der Waals surface area (Å²) in [6, 6.07) is 5.65. The molecule has 0 spiro atoms. The van der Waals surface area contributed by atoms with E-state index in [1.807, 2.05) is 0 Å². The molecule has 0 aliphatic carbocycles. The first kappa shape index (κ1) is 17.4. The van der Waals surface area contributed by atoms with E-state index in [2.05, 4.69) is 15.4 Å². The number of carbonyl (C=O) groups is 1. The quantitative estimate of drug-likeness (QED) is 0.727. The third-order valence-corrected chi connectivity index (χ3v) is 5.20. The molecule has 0 atom stereocenters. The Labute approximate surface area is 144 Å². The summed E-state index contributed by atoms with van der Waals surface area (Å²) >= 11 is 0. The molecule has 0 N–H and O–H groups in total. The fourth-order valence-corrected chi connectivity index (χ4v) is 3.34. The van der Waals surface area contributed by atoms with Crippen LogP contribution in [0.15, 0.2) is 24.3 Å². The van der Waals surface area contributed by atoms with Gasteiger partial charge in [-0.1, -0.05) is 0 Å². The van der Waals surface area contributed by atoms with Crippen LogP contribution in [0, 0.1) is 5.82 Å². The topological polar surface area (TPSA) is 101 Å². The van der Waals surface area contributed by atoms with Crippen molar-refractivity contribution in [2.45, 2.75) is 6.54 Å². The summed E-state index contributed by atoms with van der Waals surface area (Å²) in [5.74, 6) is -0.273. The third kappa shape index (κ3) is 4.17. The van der Waals surface area contributed by atoms with Crippen LogP contribution in [-0.2, 0) is 21.4 Å². The lowest BCUT2D eigenvalue weighted by Crippen LogP contribution is -2.51. The van der Waals surface area contributed by atoms with Crippen molar-refractivity contribution >= 4 is 15.9 Å². The Kier molecular flexibility index (Phi) is 4.77. The van der Waals surface area contributed by atoms with Crippen LogP contribution < -0.4 is 0 Å². The predicted octanol–water partition coefficient (Wildman–Crippen LogP) is -0.417. The number of hydrogen-bond acceptors (Lipinski definition) is 6. The molecule has 1 amide bonds. The van der Waals surface area contributed by atoms with Gasteiger partial charge in [0.2, 0.25) is 21.8 Å². The van der Waals surface area contributed by atoms with E-state index in [0.29, 0.717) is 24.5 Å². The summed E-state index contributed by atoms with van der Waals surface area (Å²) in [7, 11) is -3.24. The molecule has 2 heterocycles. The van der Waals surface area contributed by atoms with E-state index in [1.54, 1.807) is 4.90 Å². The standard InChI is InChI=1S/C14H17FN6O3S/c1-25(23,24)20-8-6-19(7-9-20)13(22)10-21-17-14(16-18-21)11-2-4-12(15)5-3-11/h2-5H,6-10H2,1H3. The maximum atomic E-state index is 12.9. The van der Waals surface area contributed by atoms with Crippen LogP contribution in [0.25, 0.3) is 11.4 Å². The fourth-order valence-electron chi connectivity index (χ4n) is 2.51. The second kappa shape index (κ2) is 6.84. The van der Waals surface area contributed by atoms with Crippen LogP contribution in [0.1, 0.15) is 0 Å². The van der Waals surface area contributed by atoms with Crippen LogP contribution in [0.2, 0.25) is 0 Å². The van der Waals surface area contributed by atoms with Gasteiger partial charge in [0.25, 0.3) is 0 Å². The van der Waals surface area contributed by atoms with Gasteiger partial charge in [-0.3, -0.25) is 4.79 Å². The van der Waals surface area contributed by atoms with E-state index < -0.39 is 10.0 Å². The lowest BCUT2D eigenvalue weighted by atomic mass is 10.2. The number of halogens is 1. The molecular formula is C14H17FN6O3S. The maximum Gasteiger partial charge on any atom is 0.246 e. The zero-order valence-corrected chi connectivity index (χ0v) is 14.4. The molecule has 2 aromatic rings. The van der Waals surface area contributed by atoms with Crippen molar-refractivity contribution in [3.8, 4) is 11.4 Å². The van der Waals surface area contributed by atoms with E-state index in [1.165, 1.54) is 33.4 Å². The van der Waals surface area contributed by atoms with Gasteiger partial charge >= 0.3 is 0 Å². The van der Waals surface area contributed by atoms with Crippen molar-refractivity contribution < 1.29 is 17.6 Å². The van der Waals surface area contributed by atoms with E-state index in [4.69, 9.17) is 0 Å². The second-order valence-corrected chi connectivity index (χ2v) is 7.68. The number of carbonyl (C=O) groups excluding carboxylic acids is 1. The van der Waals surface area contributed by atoms with Crippen LogP contribution in [0.3, 0.4) is 0 Å². The van der Waals surface area contributed by atoms with Gasteiger partial charge in [-0.2, -0.15) is 9.10 Å². The average molecular weight is 368 g/mol. The Morgan fingerprint density at radius 1 is 1.16 bits per heavy atom. The van der Waals surface area contributed by atoms with Crippen molar-refractivity contribution in [2.24, 2.45) is 0 Å². The highest BCUT2D eigenvalue weighted by molar-refractivity contribution is 7.88. The summed E-state index contributed by atoms with van der Waals surface area (Å²) in [5, 5.41) is 11.8. The largest absolute Gasteiger partial charge is 0.338 e. The molecule has 134 valence electrons. The van der Waals surface area contributed by atoms with E-state index in [9.17, 15) is 17.6 Å². The molecule has 1 fully saturated rings. The van der Waals surface area contributed by atoms with Gasteiger partial charge < -0.3 is 4.90 Å². The van der Waals surface area contributed by atoms with Gasteiger partial charge in [-0.15, -0.1) is 10.2 Å². The normalized spacial score (nSPS) is 16.2. The van der Waals surface area contributed by atoms with Crippen LogP contribution >= 0.6 is 0 Å². The Balaban J connectivity index is 1.60. The number of aromatic nitrogens is 4. The Morgan fingerprint density at radius 3 is 2.40 bits per heavy atom. The van der Waals surface area contributed by atoms with Crippen molar-refractivity contribution in [1.29, 1.82) is 0 Å². The summed E-state index contributed by atoms with van der Waals surface area (Å²) < 4.78 is 37.2. The Morgan fingerprint density at radius 2 is 1.80 bits per heavy atom. The van der Waals surface area contributed by atoms with Gasteiger partial charge in [0.1, 0.15) is 12.4 Å². The summed E-state index contributed by atoms with van der Waals surface area (Å²) in [6.45, 7) is 1.11. The monoisotopic (exact) mass is 368 g/mol. The number of nitrogens with zero attached hydrogens (tertiary/aromatic N) is 6. The molecule has 1 aromatic carbocycles. The predicted molar refractivity (Wildman–Crippen MR) is 86.2 cm³/mol. The number of sulfonamides is 1. The van der Waals surface area contributed by atoms with Gasteiger partial charge in [0.05, 0.1) is 6.26 Å². The van der Waals surface area contributed by atoms with E-state index in [-0.39, 0.29) is 31.4 Å². The van der Waals surface area contributed by atoms with Crippen molar-refractivity contribution in [3.63, 3.8) is 0 Å². The highest BCUT2D eigenvalue weighted by Crippen LogP contribution is 2.14. The van der Waals surface area contributed by atoms with Crippen molar-refractivity contribution in [2.75, 3.05) is 32.4 Å². The minimum Gasteiger partial charge on any atom is -0.338 e. The molecule has 1 aromatic heterocycles. The number of piperazine rings is 1. The molecule has 1 saturated heterocycles.